The number of rotatable bonds is 0. The Balaban J connectivity index is 2.01. The lowest BCUT2D eigenvalue weighted by atomic mass is 9.91. The van der Waals surface area contributed by atoms with Gasteiger partial charge in [-0.25, -0.2) is 4.79 Å². The van der Waals surface area contributed by atoms with Crippen LogP contribution in [0.5, 0.6) is 0 Å². The zero-order valence-corrected chi connectivity index (χ0v) is 8.19. The van der Waals surface area contributed by atoms with Crippen LogP contribution in [-0.4, -0.2) is 25.3 Å². The van der Waals surface area contributed by atoms with Crippen molar-refractivity contribution in [3.8, 4) is 0 Å². The first kappa shape index (κ1) is 8.73. The second-order valence-corrected chi connectivity index (χ2v) is 3.90. The van der Waals surface area contributed by atoms with Gasteiger partial charge >= 0.3 is 6.03 Å². The molecule has 2 aliphatic heterocycles. The largest absolute Gasteiger partial charge is 0.369 e. The first-order chi connectivity index (χ1) is 7.34. The standard InChI is InChI=1S/C11H12N2O2/c14-11-12-5-7-6-15-9-4-2-1-3-8(9)10(7)13-11/h1-4,7,9H,5-6H2,(H2,12,13,14). The van der Waals surface area contributed by atoms with E-state index < -0.39 is 0 Å². The molecule has 0 bridgehead atoms. The Hall–Kier alpha value is -1.55. The molecule has 0 aromatic rings. The van der Waals surface area contributed by atoms with E-state index in [4.69, 9.17) is 4.74 Å². The summed E-state index contributed by atoms with van der Waals surface area (Å²) in [5.74, 6) is 0.269. The minimum atomic E-state index is -0.114. The quantitative estimate of drug-likeness (QED) is 0.610. The van der Waals surface area contributed by atoms with Crippen LogP contribution >= 0.6 is 0 Å². The predicted molar refractivity (Wildman–Crippen MR) is 55.1 cm³/mol. The molecule has 2 N–H and O–H groups in total. The average molecular weight is 204 g/mol. The molecule has 1 fully saturated rings. The third-order valence-corrected chi connectivity index (χ3v) is 2.93. The lowest BCUT2D eigenvalue weighted by Gasteiger charge is -2.36. The second kappa shape index (κ2) is 3.24. The van der Waals surface area contributed by atoms with Crippen LogP contribution in [-0.2, 0) is 4.74 Å². The van der Waals surface area contributed by atoms with Crippen LogP contribution in [0.3, 0.4) is 0 Å². The van der Waals surface area contributed by atoms with Crippen LogP contribution in [0.15, 0.2) is 35.6 Å². The summed E-state index contributed by atoms with van der Waals surface area (Å²) in [7, 11) is 0. The van der Waals surface area contributed by atoms with E-state index in [9.17, 15) is 4.79 Å². The SMILES string of the molecule is O=C1NCC2COC3C=CC=CC3=C2N1. The number of carbonyl (C=O) groups is 1. The van der Waals surface area contributed by atoms with Crippen molar-refractivity contribution in [1.82, 2.24) is 10.6 Å². The van der Waals surface area contributed by atoms with Gasteiger partial charge in [0, 0.05) is 23.7 Å². The molecule has 2 atom stereocenters. The molecule has 0 radical (unpaired) electrons. The highest BCUT2D eigenvalue weighted by atomic mass is 16.5. The first-order valence-corrected chi connectivity index (χ1v) is 5.10. The molecule has 4 heteroatoms. The van der Waals surface area contributed by atoms with Crippen molar-refractivity contribution < 1.29 is 9.53 Å². The molecular weight excluding hydrogens is 192 g/mol. The van der Waals surface area contributed by atoms with Crippen molar-refractivity contribution in [2.75, 3.05) is 13.2 Å². The Morgan fingerprint density at radius 2 is 2.33 bits per heavy atom. The topological polar surface area (TPSA) is 50.4 Å². The molecule has 15 heavy (non-hydrogen) atoms. The molecule has 0 saturated carbocycles. The van der Waals surface area contributed by atoms with Crippen LogP contribution in [0, 0.1) is 5.92 Å². The smallest absolute Gasteiger partial charge is 0.319 e. The number of carbonyl (C=O) groups excluding carboxylic acids is 1. The van der Waals surface area contributed by atoms with Gasteiger partial charge < -0.3 is 15.4 Å². The zero-order chi connectivity index (χ0) is 10.3. The molecule has 2 heterocycles. The molecule has 1 aliphatic carbocycles. The summed E-state index contributed by atoms with van der Waals surface area (Å²) in [6, 6.07) is -0.114. The van der Waals surface area contributed by atoms with Gasteiger partial charge in [0.15, 0.2) is 0 Å². The summed E-state index contributed by atoms with van der Waals surface area (Å²) >= 11 is 0. The van der Waals surface area contributed by atoms with Crippen molar-refractivity contribution in [3.63, 3.8) is 0 Å². The average Bonchev–Trinajstić information content (AvgIpc) is 2.29. The van der Waals surface area contributed by atoms with Crippen LogP contribution in [0.25, 0.3) is 0 Å². The van der Waals surface area contributed by atoms with Crippen LogP contribution < -0.4 is 10.6 Å². The van der Waals surface area contributed by atoms with Gasteiger partial charge in [-0.2, -0.15) is 0 Å². The van der Waals surface area contributed by atoms with E-state index in [1.807, 2.05) is 24.3 Å². The van der Waals surface area contributed by atoms with E-state index >= 15 is 0 Å². The number of allylic oxidation sites excluding steroid dienone is 2. The van der Waals surface area contributed by atoms with Gasteiger partial charge in [0.2, 0.25) is 0 Å². The highest BCUT2D eigenvalue weighted by molar-refractivity contribution is 5.78. The minimum Gasteiger partial charge on any atom is -0.369 e. The Kier molecular flexibility index (Phi) is 1.89. The number of urea groups is 1. The van der Waals surface area contributed by atoms with Crippen molar-refractivity contribution in [2.45, 2.75) is 6.10 Å². The summed E-state index contributed by atoms with van der Waals surface area (Å²) in [6.45, 7) is 1.32. The maximum atomic E-state index is 11.3. The summed E-state index contributed by atoms with van der Waals surface area (Å²) in [6.07, 6.45) is 7.97. The van der Waals surface area contributed by atoms with E-state index in [-0.39, 0.29) is 18.1 Å². The summed E-state index contributed by atoms with van der Waals surface area (Å²) in [5, 5.41) is 5.65. The van der Waals surface area contributed by atoms with Gasteiger partial charge in [0.05, 0.1) is 6.61 Å². The fourth-order valence-electron chi connectivity index (χ4n) is 2.17. The molecule has 1 saturated heterocycles. The Morgan fingerprint density at radius 1 is 1.40 bits per heavy atom. The molecule has 3 aliphatic rings. The van der Waals surface area contributed by atoms with Crippen molar-refractivity contribution in [2.24, 2.45) is 5.92 Å². The van der Waals surface area contributed by atoms with Gasteiger partial charge in [-0.15, -0.1) is 0 Å². The van der Waals surface area contributed by atoms with Gasteiger partial charge in [-0.1, -0.05) is 24.3 Å². The number of hydrogen-bond acceptors (Lipinski definition) is 2. The highest BCUT2D eigenvalue weighted by Crippen LogP contribution is 2.29. The maximum Gasteiger partial charge on any atom is 0.319 e. The van der Waals surface area contributed by atoms with E-state index in [1.165, 1.54) is 0 Å². The van der Waals surface area contributed by atoms with E-state index in [1.54, 1.807) is 0 Å². The van der Waals surface area contributed by atoms with Gasteiger partial charge in [0.25, 0.3) is 0 Å². The van der Waals surface area contributed by atoms with E-state index in [0.717, 1.165) is 11.3 Å². The van der Waals surface area contributed by atoms with Crippen LogP contribution in [0.1, 0.15) is 0 Å². The van der Waals surface area contributed by atoms with E-state index in [2.05, 4.69) is 10.6 Å². The van der Waals surface area contributed by atoms with Crippen LogP contribution in [0.4, 0.5) is 4.79 Å². The monoisotopic (exact) mass is 204 g/mol. The third-order valence-electron chi connectivity index (χ3n) is 2.93. The minimum absolute atomic E-state index is 0.0136. The molecule has 0 aromatic carbocycles. The molecule has 2 amide bonds. The molecule has 3 rings (SSSR count). The predicted octanol–water partition coefficient (Wildman–Crippen LogP) is 0.694. The number of hydrogen-bond donors (Lipinski definition) is 2. The van der Waals surface area contributed by atoms with Gasteiger partial charge in [-0.05, 0) is 0 Å². The second-order valence-electron chi connectivity index (χ2n) is 3.90. The molecule has 0 spiro atoms. The maximum absolute atomic E-state index is 11.3. The number of fused-ring (bicyclic) bond motifs is 2. The molecule has 78 valence electrons. The fourth-order valence-corrected chi connectivity index (χ4v) is 2.17. The lowest BCUT2D eigenvalue weighted by Crippen LogP contribution is -2.51. The molecule has 0 aromatic heterocycles. The molecule has 2 unspecified atom stereocenters. The lowest BCUT2D eigenvalue weighted by molar-refractivity contribution is 0.0659. The van der Waals surface area contributed by atoms with Crippen molar-refractivity contribution >= 4 is 6.03 Å². The summed E-state index contributed by atoms with van der Waals surface area (Å²) in [4.78, 5) is 11.3. The zero-order valence-electron chi connectivity index (χ0n) is 8.19. The Bertz CT molecular complexity index is 395. The van der Waals surface area contributed by atoms with E-state index in [0.29, 0.717) is 13.2 Å². The normalized spacial score (nSPS) is 32.9. The Morgan fingerprint density at radius 3 is 3.27 bits per heavy atom. The highest BCUT2D eigenvalue weighted by Gasteiger charge is 2.32. The van der Waals surface area contributed by atoms with Gasteiger partial charge in [-0.3, -0.25) is 0 Å². The van der Waals surface area contributed by atoms with Crippen LogP contribution in [0.2, 0.25) is 0 Å². The Labute approximate surface area is 87.7 Å². The molecular formula is C11H12N2O2. The van der Waals surface area contributed by atoms with Crippen molar-refractivity contribution in [1.29, 1.82) is 0 Å². The van der Waals surface area contributed by atoms with Gasteiger partial charge in [0.1, 0.15) is 6.10 Å². The number of amides is 2. The number of nitrogens with one attached hydrogen (secondary N) is 2. The molecule has 4 nitrogen and oxygen atoms in total. The first-order valence-electron chi connectivity index (χ1n) is 5.10. The summed E-state index contributed by atoms with van der Waals surface area (Å²) in [5.41, 5.74) is 2.11. The fraction of sp³-hybridized carbons (Fsp3) is 0.364. The third kappa shape index (κ3) is 1.37. The number of ether oxygens (including phenoxy) is 1. The van der Waals surface area contributed by atoms with Crippen molar-refractivity contribution in [3.05, 3.63) is 35.6 Å². The summed E-state index contributed by atoms with van der Waals surface area (Å²) < 4.78 is 5.70.